The number of carboxylic acids is 1. The topological polar surface area (TPSA) is 66.4 Å². The first-order valence-corrected chi connectivity index (χ1v) is 6.92. The van der Waals surface area contributed by atoms with Crippen LogP contribution in [0.3, 0.4) is 0 Å². The molecule has 2 atom stereocenters. The Labute approximate surface area is 121 Å². The molecule has 0 bridgehead atoms. The molecule has 1 fully saturated rings. The van der Waals surface area contributed by atoms with E-state index in [1.54, 1.807) is 0 Å². The Morgan fingerprint density at radius 3 is 2.67 bits per heavy atom. The number of carbonyl (C=O) groups is 2. The predicted molar refractivity (Wildman–Crippen MR) is 71.3 cm³/mol. The lowest BCUT2D eigenvalue weighted by molar-refractivity contribution is -0.144. The largest absolute Gasteiger partial charge is 0.481 e. The zero-order valence-corrected chi connectivity index (χ0v) is 11.4. The van der Waals surface area contributed by atoms with Crippen LogP contribution in [-0.4, -0.2) is 17.0 Å². The molecular formula is C15H17F2NO3. The molecule has 0 aliphatic heterocycles. The van der Waals surface area contributed by atoms with Crippen LogP contribution >= 0.6 is 0 Å². The van der Waals surface area contributed by atoms with Gasteiger partial charge in [0.15, 0.2) is 0 Å². The number of benzene rings is 1. The molecule has 0 heterocycles. The lowest BCUT2D eigenvalue weighted by Gasteiger charge is -2.25. The molecule has 1 aromatic carbocycles. The summed E-state index contributed by atoms with van der Waals surface area (Å²) in [5.41, 5.74) is 0.0777. The Balaban J connectivity index is 1.92. The van der Waals surface area contributed by atoms with Crippen molar-refractivity contribution >= 4 is 11.9 Å². The number of hydrogen-bond acceptors (Lipinski definition) is 2. The van der Waals surface area contributed by atoms with Crippen molar-refractivity contribution in [3.63, 3.8) is 0 Å². The second kappa shape index (κ2) is 6.65. The summed E-state index contributed by atoms with van der Waals surface area (Å²) < 4.78 is 26.5. The van der Waals surface area contributed by atoms with Crippen LogP contribution in [0.15, 0.2) is 18.2 Å². The summed E-state index contributed by atoms with van der Waals surface area (Å²) in [5, 5.41) is 11.5. The molecule has 2 rings (SSSR count). The fourth-order valence-corrected chi connectivity index (χ4v) is 2.66. The molecule has 21 heavy (non-hydrogen) atoms. The zero-order valence-electron chi connectivity index (χ0n) is 11.4. The number of aliphatic carboxylic acids is 1. The highest BCUT2D eigenvalue weighted by Crippen LogP contribution is 2.29. The fourth-order valence-electron chi connectivity index (χ4n) is 2.66. The van der Waals surface area contributed by atoms with Crippen molar-refractivity contribution in [2.24, 2.45) is 11.8 Å². The van der Waals surface area contributed by atoms with Crippen molar-refractivity contribution in [2.75, 3.05) is 0 Å². The van der Waals surface area contributed by atoms with E-state index in [4.69, 9.17) is 5.11 Å². The van der Waals surface area contributed by atoms with Gasteiger partial charge in [0, 0.05) is 18.0 Å². The molecule has 2 N–H and O–H groups in total. The first-order valence-electron chi connectivity index (χ1n) is 6.92. The summed E-state index contributed by atoms with van der Waals surface area (Å²) in [5.74, 6) is -3.21. The highest BCUT2D eigenvalue weighted by molar-refractivity contribution is 5.80. The van der Waals surface area contributed by atoms with Crippen LogP contribution in [0.4, 0.5) is 8.78 Å². The summed E-state index contributed by atoms with van der Waals surface area (Å²) in [7, 11) is 0. The van der Waals surface area contributed by atoms with Crippen LogP contribution in [0.1, 0.15) is 31.2 Å². The molecule has 1 saturated carbocycles. The normalized spacial score (nSPS) is 21.8. The summed E-state index contributed by atoms with van der Waals surface area (Å²) in [6.45, 7) is -0.101. The molecule has 1 amide bonds. The second-order valence-electron chi connectivity index (χ2n) is 5.35. The third-order valence-corrected chi connectivity index (χ3v) is 3.86. The number of amides is 1. The maximum Gasteiger partial charge on any atom is 0.306 e. The Bertz CT molecular complexity index is 548. The average molecular weight is 297 g/mol. The van der Waals surface area contributed by atoms with Crippen LogP contribution in [-0.2, 0) is 16.1 Å². The van der Waals surface area contributed by atoms with Crippen LogP contribution in [0.5, 0.6) is 0 Å². The minimum atomic E-state index is -0.885. The molecule has 0 spiro atoms. The lowest BCUT2D eigenvalue weighted by Crippen LogP contribution is -2.35. The number of carboxylic acid groups (broad SMARTS) is 1. The molecule has 1 aliphatic rings. The standard InChI is InChI=1S/C15H17F2NO3/c16-12-4-5-13(17)11(7-12)8-18-14(19)9-2-1-3-10(6-9)15(20)21/h4-5,7,9-10H,1-3,6,8H2,(H,18,19)(H,20,21). The van der Waals surface area contributed by atoms with Gasteiger partial charge in [-0.2, -0.15) is 0 Å². The maximum atomic E-state index is 13.4. The molecule has 4 nitrogen and oxygen atoms in total. The quantitative estimate of drug-likeness (QED) is 0.897. The van der Waals surface area contributed by atoms with Crippen LogP contribution in [0, 0.1) is 23.5 Å². The molecule has 1 aliphatic carbocycles. The summed E-state index contributed by atoms with van der Waals surface area (Å²) in [4.78, 5) is 23.0. The highest BCUT2D eigenvalue weighted by Gasteiger charge is 2.30. The molecule has 6 heteroatoms. The van der Waals surface area contributed by atoms with E-state index >= 15 is 0 Å². The van der Waals surface area contributed by atoms with Gasteiger partial charge >= 0.3 is 5.97 Å². The van der Waals surface area contributed by atoms with E-state index in [0.29, 0.717) is 25.7 Å². The Morgan fingerprint density at radius 1 is 1.24 bits per heavy atom. The number of rotatable bonds is 4. The van der Waals surface area contributed by atoms with Gasteiger partial charge in [0.25, 0.3) is 0 Å². The van der Waals surface area contributed by atoms with E-state index in [-0.39, 0.29) is 23.9 Å². The van der Waals surface area contributed by atoms with Gasteiger partial charge in [0.05, 0.1) is 5.92 Å². The first kappa shape index (κ1) is 15.4. The van der Waals surface area contributed by atoms with Crippen molar-refractivity contribution in [3.05, 3.63) is 35.4 Å². The van der Waals surface area contributed by atoms with E-state index in [9.17, 15) is 18.4 Å². The van der Waals surface area contributed by atoms with Gasteiger partial charge in [-0.15, -0.1) is 0 Å². The summed E-state index contributed by atoms with van der Waals surface area (Å²) in [6.07, 6.45) is 2.19. The zero-order chi connectivity index (χ0) is 15.4. The van der Waals surface area contributed by atoms with Gasteiger partial charge in [-0.3, -0.25) is 9.59 Å². The van der Waals surface area contributed by atoms with Gasteiger partial charge in [-0.25, -0.2) is 8.78 Å². The van der Waals surface area contributed by atoms with Crippen molar-refractivity contribution in [1.82, 2.24) is 5.32 Å². The molecule has 0 aromatic heterocycles. The Kier molecular flexibility index (Phi) is 4.88. The van der Waals surface area contributed by atoms with Gasteiger partial charge in [0.2, 0.25) is 5.91 Å². The van der Waals surface area contributed by atoms with Crippen molar-refractivity contribution < 1.29 is 23.5 Å². The van der Waals surface area contributed by atoms with Crippen LogP contribution in [0.2, 0.25) is 0 Å². The van der Waals surface area contributed by atoms with Gasteiger partial charge in [-0.05, 0) is 37.5 Å². The van der Waals surface area contributed by atoms with E-state index in [0.717, 1.165) is 18.2 Å². The monoisotopic (exact) mass is 297 g/mol. The minimum Gasteiger partial charge on any atom is -0.481 e. The molecule has 1 aromatic rings. The third kappa shape index (κ3) is 4.00. The van der Waals surface area contributed by atoms with E-state index in [1.165, 1.54) is 0 Å². The van der Waals surface area contributed by atoms with Crippen molar-refractivity contribution in [1.29, 1.82) is 0 Å². The molecular weight excluding hydrogens is 280 g/mol. The van der Waals surface area contributed by atoms with E-state index in [2.05, 4.69) is 5.32 Å². The third-order valence-electron chi connectivity index (χ3n) is 3.86. The van der Waals surface area contributed by atoms with Crippen LogP contribution in [0.25, 0.3) is 0 Å². The lowest BCUT2D eigenvalue weighted by atomic mass is 9.81. The molecule has 114 valence electrons. The van der Waals surface area contributed by atoms with E-state index < -0.39 is 23.5 Å². The van der Waals surface area contributed by atoms with E-state index in [1.807, 2.05) is 0 Å². The minimum absolute atomic E-state index is 0.0777. The fraction of sp³-hybridized carbons (Fsp3) is 0.467. The molecule has 0 saturated heterocycles. The first-order chi connectivity index (χ1) is 9.97. The average Bonchev–Trinajstić information content (AvgIpc) is 2.48. The van der Waals surface area contributed by atoms with Crippen LogP contribution < -0.4 is 5.32 Å². The SMILES string of the molecule is O=C(O)C1CCCC(C(=O)NCc2cc(F)ccc2F)C1. The maximum absolute atomic E-state index is 13.4. The number of hydrogen-bond donors (Lipinski definition) is 2. The Hall–Kier alpha value is -1.98. The summed E-state index contributed by atoms with van der Waals surface area (Å²) in [6, 6.07) is 3.06. The summed E-state index contributed by atoms with van der Waals surface area (Å²) >= 11 is 0. The van der Waals surface area contributed by atoms with Gasteiger partial charge in [-0.1, -0.05) is 6.42 Å². The Morgan fingerprint density at radius 2 is 1.95 bits per heavy atom. The van der Waals surface area contributed by atoms with Gasteiger partial charge in [0.1, 0.15) is 11.6 Å². The molecule has 0 radical (unpaired) electrons. The predicted octanol–water partition coefficient (Wildman–Crippen LogP) is 2.47. The van der Waals surface area contributed by atoms with Crippen molar-refractivity contribution in [2.45, 2.75) is 32.2 Å². The number of halogens is 2. The highest BCUT2D eigenvalue weighted by atomic mass is 19.1. The second-order valence-corrected chi connectivity index (χ2v) is 5.35. The smallest absolute Gasteiger partial charge is 0.306 e. The van der Waals surface area contributed by atoms with Crippen molar-refractivity contribution in [3.8, 4) is 0 Å². The van der Waals surface area contributed by atoms with Gasteiger partial charge < -0.3 is 10.4 Å². The number of nitrogens with one attached hydrogen (secondary N) is 1. The molecule has 2 unspecified atom stereocenters. The number of carbonyl (C=O) groups excluding carboxylic acids is 1.